The van der Waals surface area contributed by atoms with E-state index in [1.807, 2.05) is 0 Å². The van der Waals surface area contributed by atoms with Gasteiger partial charge in [-0.05, 0) is 36.8 Å². The molecule has 2 rings (SSSR count). The predicted molar refractivity (Wildman–Crippen MR) is 74.5 cm³/mol. The predicted octanol–water partition coefficient (Wildman–Crippen LogP) is 3.48. The molecule has 0 unspecified atom stereocenters. The minimum atomic E-state index is -1.40. The van der Waals surface area contributed by atoms with Gasteiger partial charge in [-0.3, -0.25) is 10.1 Å². The van der Waals surface area contributed by atoms with Gasteiger partial charge in [-0.15, -0.1) is 0 Å². The molecule has 0 heterocycles. The van der Waals surface area contributed by atoms with Gasteiger partial charge in [0.25, 0.3) is 5.69 Å². The molecule has 0 aliphatic heterocycles. The van der Waals surface area contributed by atoms with Gasteiger partial charge in [0, 0.05) is 17.4 Å². The molecule has 0 bridgehead atoms. The third-order valence-corrected chi connectivity index (χ3v) is 2.88. The Morgan fingerprint density at radius 1 is 1.24 bits per heavy atom. The molecule has 108 valence electrons. The molecular weight excluding hydrogens is 279 g/mol. The fraction of sp³-hybridized carbons (Fsp3) is 0.0714. The van der Waals surface area contributed by atoms with Gasteiger partial charge in [-0.1, -0.05) is 6.07 Å². The van der Waals surface area contributed by atoms with E-state index in [-0.39, 0.29) is 0 Å². The van der Waals surface area contributed by atoms with Crippen LogP contribution in [0.2, 0.25) is 0 Å². The number of halogens is 1. The SMILES string of the molecule is Cc1ccc(Nc2ccc([N+](=O)[O-])c(C(=O)O)c2)cc1F. The number of aryl methyl sites for hydroxylation is 1. The number of nitro benzene ring substituents is 1. The average Bonchev–Trinajstić information content (AvgIpc) is 2.42. The quantitative estimate of drug-likeness (QED) is 0.664. The van der Waals surface area contributed by atoms with Crippen molar-refractivity contribution in [1.29, 1.82) is 0 Å². The van der Waals surface area contributed by atoms with Crippen molar-refractivity contribution in [3.63, 3.8) is 0 Å². The minimum Gasteiger partial charge on any atom is -0.477 e. The van der Waals surface area contributed by atoms with Gasteiger partial charge in [0.1, 0.15) is 11.4 Å². The molecule has 7 heteroatoms. The van der Waals surface area contributed by atoms with Crippen molar-refractivity contribution in [1.82, 2.24) is 0 Å². The van der Waals surface area contributed by atoms with E-state index in [2.05, 4.69) is 5.32 Å². The Morgan fingerprint density at radius 3 is 2.43 bits per heavy atom. The molecule has 2 N–H and O–H groups in total. The van der Waals surface area contributed by atoms with Crippen molar-refractivity contribution in [2.24, 2.45) is 0 Å². The van der Waals surface area contributed by atoms with Crippen LogP contribution in [0.15, 0.2) is 36.4 Å². The first-order valence-corrected chi connectivity index (χ1v) is 5.93. The molecule has 0 spiro atoms. The number of carboxylic acid groups (broad SMARTS) is 1. The molecule has 21 heavy (non-hydrogen) atoms. The maximum Gasteiger partial charge on any atom is 0.342 e. The molecule has 0 atom stereocenters. The van der Waals surface area contributed by atoms with Gasteiger partial charge < -0.3 is 10.4 Å². The van der Waals surface area contributed by atoms with Crippen molar-refractivity contribution >= 4 is 23.0 Å². The van der Waals surface area contributed by atoms with Gasteiger partial charge in [0.05, 0.1) is 4.92 Å². The van der Waals surface area contributed by atoms with E-state index in [1.54, 1.807) is 19.1 Å². The van der Waals surface area contributed by atoms with Crippen LogP contribution in [0.4, 0.5) is 21.5 Å². The van der Waals surface area contributed by atoms with Crippen molar-refractivity contribution < 1.29 is 19.2 Å². The number of carboxylic acids is 1. The van der Waals surface area contributed by atoms with E-state index in [0.29, 0.717) is 16.9 Å². The Bertz CT molecular complexity index is 731. The summed E-state index contributed by atoms with van der Waals surface area (Å²) in [5, 5.41) is 22.6. The molecule has 0 amide bonds. The highest BCUT2D eigenvalue weighted by atomic mass is 19.1. The zero-order valence-corrected chi connectivity index (χ0v) is 11.0. The molecule has 6 nitrogen and oxygen atoms in total. The first kappa shape index (κ1) is 14.4. The monoisotopic (exact) mass is 290 g/mol. The fourth-order valence-electron chi connectivity index (χ4n) is 1.78. The third kappa shape index (κ3) is 3.14. The summed E-state index contributed by atoms with van der Waals surface area (Å²) >= 11 is 0. The second-order valence-electron chi connectivity index (χ2n) is 4.38. The van der Waals surface area contributed by atoms with Crippen molar-refractivity contribution in [2.45, 2.75) is 6.92 Å². The number of rotatable bonds is 4. The number of carbonyl (C=O) groups is 1. The van der Waals surface area contributed by atoms with Gasteiger partial charge in [0.2, 0.25) is 0 Å². The summed E-state index contributed by atoms with van der Waals surface area (Å²) in [6.45, 7) is 1.62. The van der Waals surface area contributed by atoms with Crippen LogP contribution in [0.3, 0.4) is 0 Å². The molecule has 0 aliphatic rings. The van der Waals surface area contributed by atoms with E-state index >= 15 is 0 Å². The molecule has 0 radical (unpaired) electrons. The summed E-state index contributed by atoms with van der Waals surface area (Å²) in [5.41, 5.74) is 0.292. The molecule has 0 saturated carbocycles. The average molecular weight is 290 g/mol. The van der Waals surface area contributed by atoms with Crippen molar-refractivity contribution in [2.75, 3.05) is 5.32 Å². The van der Waals surface area contributed by atoms with Gasteiger partial charge in [0.15, 0.2) is 0 Å². The Morgan fingerprint density at radius 2 is 1.86 bits per heavy atom. The van der Waals surface area contributed by atoms with E-state index in [9.17, 15) is 19.3 Å². The third-order valence-electron chi connectivity index (χ3n) is 2.88. The van der Waals surface area contributed by atoms with Gasteiger partial charge in [-0.2, -0.15) is 0 Å². The van der Waals surface area contributed by atoms with Crippen LogP contribution in [0.25, 0.3) is 0 Å². The van der Waals surface area contributed by atoms with E-state index in [4.69, 9.17) is 5.11 Å². The van der Waals surface area contributed by atoms with Crippen molar-refractivity contribution in [3.05, 3.63) is 63.5 Å². The molecule has 0 aromatic heterocycles. The number of aromatic carboxylic acids is 1. The van der Waals surface area contributed by atoms with Crippen LogP contribution in [0.5, 0.6) is 0 Å². The summed E-state index contributed by atoms with van der Waals surface area (Å²) in [6.07, 6.45) is 0. The largest absolute Gasteiger partial charge is 0.477 e. The van der Waals surface area contributed by atoms with E-state index in [1.165, 1.54) is 12.1 Å². The molecule has 2 aromatic carbocycles. The highest BCUT2D eigenvalue weighted by Gasteiger charge is 2.20. The molecule has 0 fully saturated rings. The van der Waals surface area contributed by atoms with Gasteiger partial charge >= 0.3 is 5.97 Å². The number of anilines is 2. The lowest BCUT2D eigenvalue weighted by Crippen LogP contribution is -2.03. The molecule has 0 saturated heterocycles. The number of nitrogens with one attached hydrogen (secondary N) is 1. The highest BCUT2D eigenvalue weighted by Crippen LogP contribution is 2.25. The second-order valence-corrected chi connectivity index (χ2v) is 4.38. The second kappa shape index (κ2) is 5.58. The summed E-state index contributed by atoms with van der Waals surface area (Å²) in [5.74, 6) is -1.80. The maximum atomic E-state index is 13.4. The molecule has 2 aromatic rings. The van der Waals surface area contributed by atoms with Gasteiger partial charge in [-0.25, -0.2) is 9.18 Å². The van der Waals surface area contributed by atoms with Crippen LogP contribution < -0.4 is 5.32 Å². The number of nitro groups is 1. The standard InChI is InChI=1S/C14H11FN2O4/c1-8-2-3-10(7-12(8)15)16-9-4-5-13(17(20)21)11(6-9)14(18)19/h2-7,16H,1H3,(H,18,19). The Labute approximate surface area is 119 Å². The number of hydrogen-bond acceptors (Lipinski definition) is 4. The Balaban J connectivity index is 2.36. The van der Waals surface area contributed by atoms with Crippen LogP contribution >= 0.6 is 0 Å². The zero-order chi connectivity index (χ0) is 15.6. The summed E-state index contributed by atoms with van der Waals surface area (Å²) in [4.78, 5) is 21.0. The van der Waals surface area contributed by atoms with Crippen LogP contribution in [0, 0.1) is 22.9 Å². The Hall–Kier alpha value is -2.96. The summed E-state index contributed by atoms with van der Waals surface area (Å²) < 4.78 is 13.4. The number of hydrogen-bond donors (Lipinski definition) is 2. The first-order chi connectivity index (χ1) is 9.88. The minimum absolute atomic E-state index is 0.321. The van der Waals surface area contributed by atoms with Crippen LogP contribution in [-0.4, -0.2) is 16.0 Å². The normalized spacial score (nSPS) is 10.2. The maximum absolute atomic E-state index is 13.4. The lowest BCUT2D eigenvalue weighted by Gasteiger charge is -2.08. The smallest absolute Gasteiger partial charge is 0.342 e. The highest BCUT2D eigenvalue weighted by molar-refractivity contribution is 5.93. The lowest BCUT2D eigenvalue weighted by molar-refractivity contribution is -0.385. The summed E-state index contributed by atoms with van der Waals surface area (Å²) in [6, 6.07) is 8.05. The number of benzene rings is 2. The topological polar surface area (TPSA) is 92.5 Å². The Kier molecular flexibility index (Phi) is 3.84. The lowest BCUT2D eigenvalue weighted by atomic mass is 10.1. The van der Waals surface area contributed by atoms with Crippen LogP contribution in [0.1, 0.15) is 15.9 Å². The van der Waals surface area contributed by atoms with E-state index < -0.39 is 28.0 Å². The molecular formula is C14H11FN2O4. The summed E-state index contributed by atoms with van der Waals surface area (Å²) in [7, 11) is 0. The molecule has 0 aliphatic carbocycles. The van der Waals surface area contributed by atoms with Crippen molar-refractivity contribution in [3.8, 4) is 0 Å². The zero-order valence-electron chi connectivity index (χ0n) is 11.0. The fourth-order valence-corrected chi connectivity index (χ4v) is 1.78. The number of nitrogens with zero attached hydrogens (tertiary/aromatic N) is 1. The first-order valence-electron chi connectivity index (χ1n) is 5.93. The van der Waals surface area contributed by atoms with Crippen LogP contribution in [-0.2, 0) is 0 Å². The van der Waals surface area contributed by atoms with E-state index in [0.717, 1.165) is 12.1 Å².